The van der Waals surface area contributed by atoms with Gasteiger partial charge in [0.2, 0.25) is 5.69 Å². The van der Waals surface area contributed by atoms with Gasteiger partial charge in [-0.15, -0.1) is 0 Å². The molecule has 0 saturated carbocycles. The van der Waals surface area contributed by atoms with E-state index >= 15 is 0 Å². The first-order valence-corrected chi connectivity index (χ1v) is 27.0. The molecule has 0 aliphatic carbocycles. The van der Waals surface area contributed by atoms with E-state index in [9.17, 15) is 53.6 Å². The Bertz CT molecular complexity index is 3020. The molecule has 2 heterocycles. The summed E-state index contributed by atoms with van der Waals surface area (Å²) in [4.78, 5) is 26.3. The van der Waals surface area contributed by atoms with Gasteiger partial charge in [-0.2, -0.15) is 29.8 Å². The second-order valence-electron chi connectivity index (χ2n) is 17.7. The molecule has 68 heavy (non-hydrogen) atoms. The number of hydrogen-bond donors (Lipinski definition) is 5. The number of fused-ring (bicyclic) bond motifs is 6. The lowest BCUT2D eigenvalue weighted by atomic mass is 9.74. The summed E-state index contributed by atoms with van der Waals surface area (Å²) in [6.45, 7) is 5.80. The van der Waals surface area contributed by atoms with Crippen molar-refractivity contribution in [3.8, 4) is 0 Å². The minimum atomic E-state index is -4.55. The third-order valence-electron chi connectivity index (χ3n) is 13.0. The number of carbonyl (C=O) groups is 2. The number of nitrogens with zero attached hydrogens (tertiary/aromatic N) is 2. The maximum Gasteiger partial charge on any atom is 0.303 e. The number of amides is 1. The van der Waals surface area contributed by atoms with Gasteiger partial charge in [0.25, 0.3) is 36.3 Å². The number of rotatable bonds is 24. The van der Waals surface area contributed by atoms with Crippen LogP contribution in [0, 0.1) is 0 Å². The number of unbranched alkanes of at least 4 members (excludes halogenated alkanes) is 2. The Morgan fingerprint density at radius 1 is 0.750 bits per heavy atom. The summed E-state index contributed by atoms with van der Waals surface area (Å²) in [6, 6.07) is 17.2. The number of allylic oxidation sites excluding steroid dienone is 4. The first-order chi connectivity index (χ1) is 32.0. The number of aliphatic carboxylic acids is 1. The summed E-state index contributed by atoms with van der Waals surface area (Å²) in [7, 11) is -10.1. The molecule has 2 aliphatic rings. The van der Waals surface area contributed by atoms with Crippen molar-refractivity contribution in [2.24, 2.45) is 0 Å². The quantitative estimate of drug-likeness (QED) is 0.0274. The molecule has 0 aromatic heterocycles. The summed E-state index contributed by atoms with van der Waals surface area (Å²) in [5.74, 6) is -2.17. The molecule has 2 aliphatic heterocycles. The molecule has 17 nitrogen and oxygen atoms in total. The lowest BCUT2D eigenvalue weighted by Gasteiger charge is -2.30. The fraction of sp³-hybridized carbons (Fsp3) is 0.438. The number of carboxylic acid groups (broad SMARTS) is 1. The monoisotopic (exact) mass is 998 g/mol. The summed E-state index contributed by atoms with van der Waals surface area (Å²) < 4.78 is 115. The molecule has 2 atom stereocenters. The Labute approximate surface area is 397 Å². The maximum atomic E-state index is 13.1. The number of hydrogen-bond acceptors (Lipinski definition) is 11. The highest BCUT2D eigenvalue weighted by Crippen LogP contribution is 2.54. The Hall–Kier alpha value is -5.06. The van der Waals surface area contributed by atoms with Crippen LogP contribution in [-0.2, 0) is 55.5 Å². The van der Waals surface area contributed by atoms with Crippen molar-refractivity contribution in [1.82, 2.24) is 5.32 Å². The Morgan fingerprint density at radius 2 is 1.38 bits per heavy atom. The van der Waals surface area contributed by atoms with E-state index < -0.39 is 58.7 Å². The Balaban J connectivity index is 1.54. The molecule has 0 radical (unpaired) electrons. The molecule has 5 N–H and O–H groups in total. The molecule has 6 rings (SSSR count). The van der Waals surface area contributed by atoms with Gasteiger partial charge in [0, 0.05) is 80.2 Å². The van der Waals surface area contributed by atoms with Crippen LogP contribution in [0.4, 0.5) is 11.4 Å². The zero-order valence-electron chi connectivity index (χ0n) is 38.6. The van der Waals surface area contributed by atoms with Crippen molar-refractivity contribution < 1.29 is 67.7 Å². The van der Waals surface area contributed by atoms with Crippen LogP contribution in [0.2, 0.25) is 0 Å². The van der Waals surface area contributed by atoms with Gasteiger partial charge in [-0.3, -0.25) is 23.2 Å². The average Bonchev–Trinajstić information content (AvgIpc) is 3.64. The number of nitrogens with one attached hydrogen (secondary N) is 1. The van der Waals surface area contributed by atoms with Crippen LogP contribution in [0.3, 0.4) is 0 Å². The van der Waals surface area contributed by atoms with Crippen molar-refractivity contribution in [3.05, 3.63) is 101 Å². The average molecular weight is 999 g/mol. The molecule has 2 unspecified atom stereocenters. The van der Waals surface area contributed by atoms with Crippen LogP contribution in [0.1, 0.15) is 86.7 Å². The van der Waals surface area contributed by atoms with E-state index in [0.29, 0.717) is 68.4 Å². The van der Waals surface area contributed by atoms with Crippen molar-refractivity contribution >= 4 is 80.9 Å². The summed E-state index contributed by atoms with van der Waals surface area (Å²) in [6.07, 6.45) is 8.04. The zero-order valence-corrected chi connectivity index (χ0v) is 41.1. The van der Waals surface area contributed by atoms with Crippen molar-refractivity contribution in [2.75, 3.05) is 63.5 Å². The van der Waals surface area contributed by atoms with Gasteiger partial charge < -0.3 is 24.8 Å². The van der Waals surface area contributed by atoms with Crippen molar-refractivity contribution in [2.45, 2.75) is 80.9 Å². The SMILES string of the molecule is COCCNC(=O)c1ccc2c3c(ccc2c1)N(CCOC)/C(=C/C=C/C1=[N+](CCCCCC(=O)O)c2ccc4cc(S(=O)(=O)O)ccc4c2C1(C)CCCS(=O)(=O)O)C3(C)CCCS(=O)(=O)O. The van der Waals surface area contributed by atoms with Gasteiger partial charge in [-0.05, 0) is 122 Å². The Kier molecular flexibility index (Phi) is 16.4. The molecule has 20 heteroatoms. The van der Waals surface area contributed by atoms with Gasteiger partial charge in [0.15, 0.2) is 5.71 Å². The third-order valence-corrected chi connectivity index (χ3v) is 15.4. The highest BCUT2D eigenvalue weighted by Gasteiger charge is 2.49. The molecule has 0 bridgehead atoms. The highest BCUT2D eigenvalue weighted by atomic mass is 32.2. The molecule has 0 saturated heterocycles. The van der Waals surface area contributed by atoms with E-state index in [-0.39, 0.29) is 42.9 Å². The van der Waals surface area contributed by atoms with Crippen molar-refractivity contribution in [1.29, 1.82) is 0 Å². The summed E-state index contributed by atoms with van der Waals surface area (Å²) in [5, 5.41) is 15.0. The topological polar surface area (TPSA) is 254 Å². The van der Waals surface area contributed by atoms with E-state index in [1.807, 2.05) is 56.3 Å². The zero-order chi connectivity index (χ0) is 49.7. The van der Waals surface area contributed by atoms with Crippen LogP contribution >= 0.6 is 0 Å². The van der Waals surface area contributed by atoms with Gasteiger partial charge in [-0.25, -0.2) is 0 Å². The van der Waals surface area contributed by atoms with E-state index in [1.54, 1.807) is 38.5 Å². The molecule has 4 aromatic carbocycles. The number of anilines is 1. The minimum Gasteiger partial charge on any atom is -0.481 e. The van der Waals surface area contributed by atoms with Crippen LogP contribution in [0.25, 0.3) is 21.5 Å². The number of methoxy groups -OCH3 is 2. The maximum absolute atomic E-state index is 13.1. The smallest absolute Gasteiger partial charge is 0.303 e. The summed E-state index contributed by atoms with van der Waals surface area (Å²) in [5.41, 5.74) is 3.43. The van der Waals surface area contributed by atoms with E-state index in [0.717, 1.165) is 44.7 Å². The van der Waals surface area contributed by atoms with Gasteiger partial charge in [0.1, 0.15) is 6.54 Å². The molecule has 0 spiro atoms. The number of benzene rings is 4. The van der Waals surface area contributed by atoms with Crippen LogP contribution in [-0.4, -0.2) is 125 Å². The molecular weight excluding hydrogens is 939 g/mol. The summed E-state index contributed by atoms with van der Waals surface area (Å²) >= 11 is 0. The van der Waals surface area contributed by atoms with Crippen LogP contribution in [0.15, 0.2) is 89.5 Å². The second kappa shape index (κ2) is 21.3. The van der Waals surface area contributed by atoms with Gasteiger partial charge in [-0.1, -0.05) is 24.3 Å². The standard InChI is InChI=1S/C48H59N3O14S3/c1-47(22-9-29-66(55,56)57)41(50(25-7-5-6-13-43(52)53)39-21-16-34-32-36(68(61,62)63)17-19-38(34)45(39)47)11-8-12-42-48(2,23-10-30-67(58,59)60)44-37-18-14-35(46(54)49-24-27-64-3)31-33(37)15-20-40(44)51(42)26-28-65-4/h8,11-12,14-21,31-32H,5-7,9-10,13,22-30H2,1-4H3,(H4-,49,52,53,54,55,56,57,58,59,60,61,62,63)/p+1. The van der Waals surface area contributed by atoms with E-state index in [4.69, 9.17) is 9.47 Å². The lowest BCUT2D eigenvalue weighted by molar-refractivity contribution is -0.438. The fourth-order valence-electron chi connectivity index (χ4n) is 9.89. The van der Waals surface area contributed by atoms with Gasteiger partial charge in [0.05, 0.1) is 35.0 Å². The third kappa shape index (κ3) is 11.8. The van der Waals surface area contributed by atoms with Crippen molar-refractivity contribution in [3.63, 3.8) is 0 Å². The first-order valence-electron chi connectivity index (χ1n) is 22.3. The fourth-order valence-corrected chi connectivity index (χ4v) is 11.4. The largest absolute Gasteiger partial charge is 0.481 e. The lowest BCUT2D eigenvalue weighted by Crippen LogP contribution is -2.32. The number of carboxylic acids is 1. The Morgan fingerprint density at radius 3 is 2.03 bits per heavy atom. The van der Waals surface area contributed by atoms with E-state index in [2.05, 4.69) is 14.8 Å². The van der Waals surface area contributed by atoms with Crippen LogP contribution in [0.5, 0.6) is 0 Å². The first kappa shape index (κ1) is 52.3. The minimum absolute atomic E-state index is 0.000340. The number of ether oxygens (including phenoxy) is 2. The van der Waals surface area contributed by atoms with Crippen LogP contribution < -0.4 is 10.2 Å². The normalized spacial score (nSPS) is 19.2. The molecule has 368 valence electrons. The molecular formula is C48H60N3O14S3+. The molecule has 1 amide bonds. The molecule has 0 fully saturated rings. The van der Waals surface area contributed by atoms with E-state index in [1.165, 1.54) is 12.1 Å². The predicted molar refractivity (Wildman–Crippen MR) is 260 cm³/mol. The van der Waals surface area contributed by atoms with Gasteiger partial charge >= 0.3 is 5.97 Å². The highest BCUT2D eigenvalue weighted by molar-refractivity contribution is 7.86. The number of carbonyl (C=O) groups excluding carboxylic acids is 1. The second-order valence-corrected chi connectivity index (χ2v) is 22.3. The predicted octanol–water partition coefficient (Wildman–Crippen LogP) is 6.82. The molecule has 4 aromatic rings.